The van der Waals surface area contributed by atoms with Crippen LogP contribution in [0.1, 0.15) is 16.7 Å². The molecule has 2 aromatic carbocycles. The van der Waals surface area contributed by atoms with Crippen LogP contribution in [0.25, 0.3) is 0 Å². The first kappa shape index (κ1) is 13.9. The van der Waals surface area contributed by atoms with E-state index in [-0.39, 0.29) is 5.75 Å². The second-order valence-corrected chi connectivity index (χ2v) is 4.22. The highest BCUT2D eigenvalue weighted by molar-refractivity contribution is 5.43. The fourth-order valence-electron chi connectivity index (χ4n) is 1.70. The Morgan fingerprint density at radius 3 is 2.35 bits per heavy atom. The van der Waals surface area contributed by atoms with E-state index >= 15 is 0 Å². The molecule has 0 aliphatic carbocycles. The summed E-state index contributed by atoms with van der Waals surface area (Å²) >= 11 is 0. The van der Waals surface area contributed by atoms with Crippen molar-refractivity contribution >= 4 is 0 Å². The number of nitrogens with zero attached hydrogens (tertiary/aromatic N) is 1. The first-order valence-electron chi connectivity index (χ1n) is 5.76. The van der Waals surface area contributed by atoms with Crippen LogP contribution in [0.5, 0.6) is 11.5 Å². The molecule has 2 nitrogen and oxygen atoms in total. The summed E-state index contributed by atoms with van der Waals surface area (Å²) in [5.41, 5.74) is 0.443. The maximum absolute atomic E-state index is 12.6. The lowest BCUT2D eigenvalue weighted by Crippen LogP contribution is -2.04. The number of ether oxygens (including phenoxy) is 1. The van der Waals surface area contributed by atoms with Gasteiger partial charge in [-0.15, -0.1) is 0 Å². The van der Waals surface area contributed by atoms with Crippen molar-refractivity contribution < 1.29 is 17.9 Å². The van der Waals surface area contributed by atoms with Gasteiger partial charge in [-0.2, -0.15) is 18.4 Å². The summed E-state index contributed by atoms with van der Waals surface area (Å²) < 4.78 is 43.1. The van der Waals surface area contributed by atoms with Crippen LogP contribution in [0, 0.1) is 18.3 Å². The zero-order valence-electron chi connectivity index (χ0n) is 10.5. The molecule has 2 rings (SSSR count). The molecule has 0 aliphatic heterocycles. The zero-order chi connectivity index (χ0) is 14.8. The maximum Gasteiger partial charge on any atom is 0.416 e. The van der Waals surface area contributed by atoms with E-state index in [1.165, 1.54) is 12.1 Å². The third-order valence-corrected chi connectivity index (χ3v) is 2.72. The summed E-state index contributed by atoms with van der Waals surface area (Å²) in [6, 6.07) is 11.4. The third-order valence-electron chi connectivity index (χ3n) is 2.72. The van der Waals surface area contributed by atoms with E-state index in [0.717, 1.165) is 12.1 Å². The number of hydrogen-bond donors (Lipinski definition) is 0. The summed E-state index contributed by atoms with van der Waals surface area (Å²) in [5.74, 6) is 0.491. The molecular formula is C15H10F3NO. The van der Waals surface area contributed by atoms with Crippen molar-refractivity contribution in [3.8, 4) is 17.6 Å². The summed E-state index contributed by atoms with van der Waals surface area (Å²) in [5, 5.41) is 8.81. The highest BCUT2D eigenvalue weighted by Gasteiger charge is 2.30. The minimum Gasteiger partial charge on any atom is -0.457 e. The fraction of sp³-hybridized carbons (Fsp3) is 0.133. The molecule has 0 spiro atoms. The lowest BCUT2D eigenvalue weighted by atomic mass is 10.1. The summed E-state index contributed by atoms with van der Waals surface area (Å²) in [6.45, 7) is 1.73. The van der Waals surface area contributed by atoms with Gasteiger partial charge >= 0.3 is 6.18 Å². The molecule has 0 N–H and O–H groups in total. The second kappa shape index (κ2) is 5.25. The van der Waals surface area contributed by atoms with Crippen LogP contribution < -0.4 is 4.74 Å². The van der Waals surface area contributed by atoms with Crippen LogP contribution in [0.3, 0.4) is 0 Å². The lowest BCUT2D eigenvalue weighted by molar-refractivity contribution is -0.137. The quantitative estimate of drug-likeness (QED) is 0.798. The Morgan fingerprint density at radius 2 is 1.75 bits per heavy atom. The molecule has 0 saturated heterocycles. The van der Waals surface area contributed by atoms with Crippen molar-refractivity contribution in [2.45, 2.75) is 13.1 Å². The number of nitriles is 1. The molecule has 0 amide bonds. The number of benzene rings is 2. The van der Waals surface area contributed by atoms with Crippen LogP contribution in [-0.4, -0.2) is 0 Å². The van der Waals surface area contributed by atoms with Crippen molar-refractivity contribution in [3.05, 3.63) is 59.2 Å². The molecule has 0 saturated carbocycles. The topological polar surface area (TPSA) is 33.0 Å². The molecule has 0 heterocycles. The predicted octanol–water partition coefficient (Wildman–Crippen LogP) is 4.68. The van der Waals surface area contributed by atoms with Gasteiger partial charge < -0.3 is 4.74 Å². The fourth-order valence-corrected chi connectivity index (χ4v) is 1.70. The average Bonchev–Trinajstić information content (AvgIpc) is 2.38. The van der Waals surface area contributed by atoms with E-state index in [9.17, 15) is 13.2 Å². The van der Waals surface area contributed by atoms with Crippen molar-refractivity contribution in [1.29, 1.82) is 5.26 Å². The van der Waals surface area contributed by atoms with E-state index in [1.54, 1.807) is 25.1 Å². The van der Waals surface area contributed by atoms with Gasteiger partial charge in [-0.3, -0.25) is 0 Å². The van der Waals surface area contributed by atoms with Gasteiger partial charge in [0.1, 0.15) is 11.5 Å². The van der Waals surface area contributed by atoms with Crippen LogP contribution >= 0.6 is 0 Å². The van der Waals surface area contributed by atoms with Crippen molar-refractivity contribution in [1.82, 2.24) is 0 Å². The van der Waals surface area contributed by atoms with E-state index < -0.39 is 11.7 Å². The number of hydrogen-bond acceptors (Lipinski definition) is 2. The van der Waals surface area contributed by atoms with Gasteiger partial charge in [-0.05, 0) is 48.9 Å². The van der Waals surface area contributed by atoms with Gasteiger partial charge in [0.05, 0.1) is 17.2 Å². The van der Waals surface area contributed by atoms with Crippen molar-refractivity contribution in [3.63, 3.8) is 0 Å². The van der Waals surface area contributed by atoms with E-state index in [0.29, 0.717) is 16.9 Å². The standard InChI is InChI=1S/C15H10F3NO/c1-10-7-14(6-5-11(10)9-19)20-13-4-2-3-12(8-13)15(16,17)18/h2-8H,1H3. The summed E-state index contributed by atoms with van der Waals surface area (Å²) in [4.78, 5) is 0. The Hall–Kier alpha value is -2.48. The normalized spacial score (nSPS) is 10.9. The Labute approximate surface area is 114 Å². The Kier molecular flexibility index (Phi) is 3.66. The van der Waals surface area contributed by atoms with Crippen LogP contribution in [0.2, 0.25) is 0 Å². The molecule has 0 radical (unpaired) electrons. The van der Waals surface area contributed by atoms with E-state index in [4.69, 9.17) is 10.00 Å². The molecular weight excluding hydrogens is 267 g/mol. The number of alkyl halides is 3. The van der Waals surface area contributed by atoms with Gasteiger partial charge in [-0.1, -0.05) is 6.07 Å². The molecule has 5 heteroatoms. The van der Waals surface area contributed by atoms with Gasteiger partial charge in [-0.25, -0.2) is 0 Å². The summed E-state index contributed by atoms with van der Waals surface area (Å²) in [6.07, 6.45) is -4.40. The first-order chi connectivity index (χ1) is 9.40. The van der Waals surface area contributed by atoms with E-state index in [1.807, 2.05) is 6.07 Å². The Bertz CT molecular complexity index is 672. The molecule has 0 unspecified atom stereocenters. The van der Waals surface area contributed by atoms with Gasteiger partial charge in [0, 0.05) is 0 Å². The first-order valence-corrected chi connectivity index (χ1v) is 5.76. The van der Waals surface area contributed by atoms with Crippen molar-refractivity contribution in [2.75, 3.05) is 0 Å². The number of aryl methyl sites for hydroxylation is 1. The van der Waals surface area contributed by atoms with Crippen LogP contribution in [-0.2, 0) is 6.18 Å². The average molecular weight is 277 g/mol. The highest BCUT2D eigenvalue weighted by atomic mass is 19.4. The highest BCUT2D eigenvalue weighted by Crippen LogP contribution is 2.32. The second-order valence-electron chi connectivity index (χ2n) is 4.22. The van der Waals surface area contributed by atoms with E-state index in [2.05, 4.69) is 0 Å². The zero-order valence-corrected chi connectivity index (χ0v) is 10.5. The molecule has 2 aromatic rings. The molecule has 0 atom stereocenters. The van der Waals surface area contributed by atoms with Gasteiger partial charge in [0.2, 0.25) is 0 Å². The minimum atomic E-state index is -4.40. The minimum absolute atomic E-state index is 0.101. The lowest BCUT2D eigenvalue weighted by Gasteiger charge is -2.10. The molecule has 0 fully saturated rings. The predicted molar refractivity (Wildman–Crippen MR) is 67.4 cm³/mol. The molecule has 0 aliphatic rings. The smallest absolute Gasteiger partial charge is 0.416 e. The number of halogens is 3. The van der Waals surface area contributed by atoms with Gasteiger partial charge in [0.15, 0.2) is 0 Å². The van der Waals surface area contributed by atoms with Crippen LogP contribution in [0.4, 0.5) is 13.2 Å². The van der Waals surface area contributed by atoms with Crippen LogP contribution in [0.15, 0.2) is 42.5 Å². The molecule has 0 bridgehead atoms. The monoisotopic (exact) mass is 277 g/mol. The molecule has 20 heavy (non-hydrogen) atoms. The van der Waals surface area contributed by atoms with Gasteiger partial charge in [0.25, 0.3) is 0 Å². The summed E-state index contributed by atoms with van der Waals surface area (Å²) in [7, 11) is 0. The SMILES string of the molecule is Cc1cc(Oc2cccc(C(F)(F)F)c2)ccc1C#N. The number of rotatable bonds is 2. The van der Waals surface area contributed by atoms with Crippen molar-refractivity contribution in [2.24, 2.45) is 0 Å². The molecule has 0 aromatic heterocycles. The molecule has 102 valence electrons. The third kappa shape index (κ3) is 3.09. The Balaban J connectivity index is 2.27. The largest absolute Gasteiger partial charge is 0.457 e. The Morgan fingerprint density at radius 1 is 1.05 bits per heavy atom. The maximum atomic E-state index is 12.6.